The Morgan fingerprint density at radius 2 is 1.60 bits per heavy atom. The maximum Gasteiger partial charge on any atom is 0.492 e. The summed E-state index contributed by atoms with van der Waals surface area (Å²) in [6.45, 7) is 9.73. The van der Waals surface area contributed by atoms with Gasteiger partial charge in [-0.1, -0.05) is 23.8 Å². The Hall–Kier alpha value is -2.10. The van der Waals surface area contributed by atoms with Crippen LogP contribution in [0.1, 0.15) is 33.3 Å². The fraction of sp³-hybridized carbons (Fsp3) is 0.476. The number of nitrogens with zero attached hydrogens (tertiary/aromatic N) is 2. The molecule has 30 heavy (non-hydrogen) atoms. The number of aryl methyl sites for hydroxylation is 1. The van der Waals surface area contributed by atoms with Crippen molar-refractivity contribution in [3.05, 3.63) is 53.8 Å². The van der Waals surface area contributed by atoms with E-state index in [4.69, 9.17) is 9.31 Å². The number of hydrogen-bond acceptors (Lipinski definition) is 5. The molecule has 1 amide bonds. The molecule has 3 heterocycles. The molecule has 0 saturated carbocycles. The highest BCUT2D eigenvalue weighted by molar-refractivity contribution is 7.89. The van der Waals surface area contributed by atoms with Crippen LogP contribution in [0.25, 0.3) is 0 Å². The quantitative estimate of drug-likeness (QED) is 0.689. The smallest absolute Gasteiger partial charge is 0.400 e. The van der Waals surface area contributed by atoms with E-state index in [9.17, 15) is 13.2 Å². The minimum atomic E-state index is -3.88. The molecule has 7 nitrogen and oxygen atoms in total. The molecule has 0 aromatic heterocycles. The van der Waals surface area contributed by atoms with Crippen molar-refractivity contribution in [2.24, 2.45) is 5.92 Å². The van der Waals surface area contributed by atoms with Gasteiger partial charge in [0.25, 0.3) is 15.9 Å². The van der Waals surface area contributed by atoms with Gasteiger partial charge in [-0.15, -0.1) is 0 Å². The van der Waals surface area contributed by atoms with Crippen LogP contribution in [0.3, 0.4) is 0 Å². The molecule has 0 N–H and O–H groups in total. The Balaban J connectivity index is 1.69. The van der Waals surface area contributed by atoms with Gasteiger partial charge in [-0.2, -0.15) is 0 Å². The van der Waals surface area contributed by atoms with E-state index >= 15 is 0 Å². The predicted molar refractivity (Wildman–Crippen MR) is 114 cm³/mol. The second kappa shape index (κ2) is 6.70. The fourth-order valence-electron chi connectivity index (χ4n) is 3.93. The summed E-state index contributed by atoms with van der Waals surface area (Å²) in [5.74, 6) is -0.746. The van der Waals surface area contributed by atoms with E-state index in [1.165, 1.54) is 15.4 Å². The second-order valence-corrected chi connectivity index (χ2v) is 11.0. The van der Waals surface area contributed by atoms with Crippen LogP contribution in [0, 0.1) is 12.8 Å². The van der Waals surface area contributed by atoms with Gasteiger partial charge >= 0.3 is 7.12 Å². The normalized spacial score (nSPS) is 27.5. The number of rotatable bonds is 3. The Labute approximate surface area is 178 Å². The zero-order chi connectivity index (χ0) is 22.1. The molecule has 1 fully saturated rings. The summed E-state index contributed by atoms with van der Waals surface area (Å²) in [6, 6.07) is 5.71. The van der Waals surface area contributed by atoms with Gasteiger partial charge in [0.2, 0.25) is 0 Å². The molecule has 1 aromatic rings. The number of carbonyl (C=O) groups is 1. The number of amides is 1. The third kappa shape index (κ3) is 3.11. The van der Waals surface area contributed by atoms with E-state index in [2.05, 4.69) is 0 Å². The molecule has 2 unspecified atom stereocenters. The summed E-state index contributed by atoms with van der Waals surface area (Å²) in [7, 11) is -2.92. The van der Waals surface area contributed by atoms with E-state index in [1.54, 1.807) is 43.6 Å². The summed E-state index contributed by atoms with van der Waals surface area (Å²) >= 11 is 0. The van der Waals surface area contributed by atoms with Crippen LogP contribution in [-0.4, -0.2) is 54.9 Å². The number of likely N-dealkylation sites (N-methyl/N-ethyl adjacent to an activating group) is 1. The van der Waals surface area contributed by atoms with Crippen molar-refractivity contribution in [2.75, 3.05) is 7.05 Å². The summed E-state index contributed by atoms with van der Waals surface area (Å²) in [5.41, 5.74) is 0.621. The standard InChI is InChI=1S/C21H27BN2O5S/c1-14-7-9-15(10-8-14)30(26,27)24-12-11-16-17(13-23(6)19(25)18(16)24)22-28-20(2,3)21(4,5)29-22/h7-13,16,18H,1-6H3. The van der Waals surface area contributed by atoms with Gasteiger partial charge in [-0.25, -0.2) is 8.42 Å². The van der Waals surface area contributed by atoms with Crippen LogP contribution < -0.4 is 0 Å². The zero-order valence-electron chi connectivity index (χ0n) is 18.1. The molecule has 1 saturated heterocycles. The Morgan fingerprint density at radius 3 is 2.17 bits per heavy atom. The number of sulfonamides is 1. The third-order valence-corrected chi connectivity index (χ3v) is 8.28. The topological polar surface area (TPSA) is 76.2 Å². The first kappa shape index (κ1) is 21.1. The van der Waals surface area contributed by atoms with Crippen LogP contribution in [0.15, 0.2) is 53.1 Å². The monoisotopic (exact) mass is 430 g/mol. The molecule has 4 rings (SSSR count). The second-order valence-electron chi connectivity index (χ2n) is 9.13. The summed E-state index contributed by atoms with van der Waals surface area (Å²) in [4.78, 5) is 14.6. The minimum Gasteiger partial charge on any atom is -0.400 e. The van der Waals surface area contributed by atoms with Crippen molar-refractivity contribution in [2.45, 2.75) is 56.8 Å². The minimum absolute atomic E-state index is 0.153. The van der Waals surface area contributed by atoms with Gasteiger partial charge in [-0.05, 0) is 52.2 Å². The molecule has 9 heteroatoms. The average Bonchev–Trinajstić information content (AvgIpc) is 3.18. The van der Waals surface area contributed by atoms with Crippen LogP contribution in [0.4, 0.5) is 0 Å². The van der Waals surface area contributed by atoms with Gasteiger partial charge in [0.15, 0.2) is 0 Å². The molecule has 2 atom stereocenters. The summed E-state index contributed by atoms with van der Waals surface area (Å²) in [5, 5.41) is 0. The molecule has 0 aliphatic carbocycles. The molecular formula is C21H27BN2O5S. The van der Waals surface area contributed by atoms with Crippen molar-refractivity contribution in [1.29, 1.82) is 0 Å². The molecule has 0 radical (unpaired) electrons. The summed E-state index contributed by atoms with van der Waals surface area (Å²) < 4.78 is 40.2. The van der Waals surface area contributed by atoms with Crippen LogP contribution in [0.5, 0.6) is 0 Å². The van der Waals surface area contributed by atoms with Gasteiger partial charge in [-0.3, -0.25) is 9.10 Å². The largest absolute Gasteiger partial charge is 0.492 e. The lowest BCUT2D eigenvalue weighted by atomic mass is 9.68. The van der Waals surface area contributed by atoms with Gasteiger partial charge < -0.3 is 14.2 Å². The van der Waals surface area contributed by atoms with Gasteiger partial charge in [0.05, 0.1) is 16.1 Å². The Morgan fingerprint density at radius 1 is 1.03 bits per heavy atom. The maximum absolute atomic E-state index is 13.3. The number of hydrogen-bond donors (Lipinski definition) is 0. The highest BCUT2D eigenvalue weighted by Gasteiger charge is 2.57. The van der Waals surface area contributed by atoms with Crippen LogP contribution >= 0.6 is 0 Å². The first-order valence-electron chi connectivity index (χ1n) is 9.98. The first-order valence-corrected chi connectivity index (χ1v) is 11.4. The average molecular weight is 430 g/mol. The SMILES string of the molecule is Cc1ccc(S(=O)(=O)N2C=CC3C(B4OC(C)(C)C(C)(C)O4)=CN(C)C(=O)C32)cc1. The lowest BCUT2D eigenvalue weighted by Crippen LogP contribution is -2.52. The van der Waals surface area contributed by atoms with Crippen molar-refractivity contribution in [1.82, 2.24) is 9.21 Å². The maximum atomic E-state index is 13.3. The van der Waals surface area contributed by atoms with Crippen LogP contribution in [-0.2, 0) is 24.1 Å². The van der Waals surface area contributed by atoms with Crippen molar-refractivity contribution >= 4 is 23.0 Å². The fourth-order valence-corrected chi connectivity index (χ4v) is 5.40. The molecule has 0 spiro atoms. The predicted octanol–water partition coefficient (Wildman–Crippen LogP) is 2.49. The number of benzene rings is 1. The van der Waals surface area contributed by atoms with Gasteiger partial charge in [0, 0.05) is 25.4 Å². The molecular weight excluding hydrogens is 403 g/mol. The lowest BCUT2D eigenvalue weighted by Gasteiger charge is -2.36. The zero-order valence-corrected chi connectivity index (χ0v) is 18.9. The Kier molecular flexibility index (Phi) is 4.72. The molecule has 160 valence electrons. The van der Waals surface area contributed by atoms with Gasteiger partial charge in [0.1, 0.15) is 6.04 Å². The lowest BCUT2D eigenvalue weighted by molar-refractivity contribution is -0.132. The first-order chi connectivity index (χ1) is 13.8. The third-order valence-electron chi connectivity index (χ3n) is 6.50. The highest BCUT2D eigenvalue weighted by Crippen LogP contribution is 2.44. The van der Waals surface area contributed by atoms with E-state index < -0.39 is 40.3 Å². The van der Waals surface area contributed by atoms with E-state index in [-0.39, 0.29) is 10.8 Å². The van der Waals surface area contributed by atoms with Crippen molar-refractivity contribution < 1.29 is 22.5 Å². The van der Waals surface area contributed by atoms with E-state index in [1.807, 2.05) is 34.6 Å². The number of fused-ring (bicyclic) bond motifs is 1. The molecule has 3 aliphatic rings. The molecule has 1 aromatic carbocycles. The summed E-state index contributed by atoms with van der Waals surface area (Å²) in [6.07, 6.45) is 4.94. The van der Waals surface area contributed by atoms with Crippen molar-refractivity contribution in [3.63, 3.8) is 0 Å². The van der Waals surface area contributed by atoms with Crippen molar-refractivity contribution in [3.8, 4) is 0 Å². The van der Waals surface area contributed by atoms with E-state index in [0.29, 0.717) is 0 Å². The highest BCUT2D eigenvalue weighted by atomic mass is 32.2. The van der Waals surface area contributed by atoms with Crippen LogP contribution in [0.2, 0.25) is 0 Å². The number of carbonyl (C=O) groups excluding carboxylic acids is 1. The molecule has 0 bridgehead atoms. The van der Waals surface area contributed by atoms with E-state index in [0.717, 1.165) is 11.0 Å². The molecule has 3 aliphatic heterocycles. The Bertz CT molecular complexity index is 1030.